The highest BCUT2D eigenvalue weighted by Crippen LogP contribution is 1.99. The summed E-state index contributed by atoms with van der Waals surface area (Å²) in [5.41, 5.74) is 1.48. The second-order valence-electron chi connectivity index (χ2n) is 2.24. The van der Waals surface area contributed by atoms with Gasteiger partial charge in [0.25, 0.3) is 0 Å². The fourth-order valence-electron chi connectivity index (χ4n) is 0.933. The van der Waals surface area contributed by atoms with E-state index in [4.69, 9.17) is 0 Å². The van der Waals surface area contributed by atoms with Crippen LogP contribution in [0.2, 0.25) is 6.04 Å². The maximum Gasteiger partial charge on any atom is 0.00321 e. The van der Waals surface area contributed by atoms with Gasteiger partial charge in [-0.3, -0.25) is 0 Å². The maximum absolute atomic E-state index is 2.19. The molecule has 1 rings (SSSR count). The Morgan fingerprint density at radius 3 is 2.33 bits per heavy atom. The van der Waals surface area contributed by atoms with Crippen molar-refractivity contribution in [2.24, 2.45) is 0 Å². The van der Waals surface area contributed by atoms with Crippen molar-refractivity contribution < 1.29 is 0 Å². The minimum absolute atomic E-state index is 1.27. The Morgan fingerprint density at radius 1 is 1.11 bits per heavy atom. The zero-order valence-electron chi connectivity index (χ0n) is 5.80. The van der Waals surface area contributed by atoms with Crippen molar-refractivity contribution in [3.05, 3.63) is 35.9 Å². The maximum atomic E-state index is 2.19. The van der Waals surface area contributed by atoms with Crippen LogP contribution in [-0.4, -0.2) is 10.2 Å². The molecule has 0 aliphatic carbocycles. The molecule has 0 aromatic heterocycles. The van der Waals surface area contributed by atoms with Gasteiger partial charge in [-0.05, 0) is 12.0 Å². The van der Waals surface area contributed by atoms with E-state index in [0.717, 1.165) is 0 Å². The number of hydrogen-bond donors (Lipinski definition) is 0. The average Bonchev–Trinajstić information content (AvgIpc) is 1.91. The van der Waals surface area contributed by atoms with Gasteiger partial charge in [0.05, 0.1) is 0 Å². The summed E-state index contributed by atoms with van der Waals surface area (Å²) in [6.45, 7) is 0. The van der Waals surface area contributed by atoms with E-state index in [1.165, 1.54) is 28.3 Å². The predicted octanol–water partition coefficient (Wildman–Crippen LogP) is 1.01. The van der Waals surface area contributed by atoms with E-state index in [2.05, 4.69) is 30.3 Å². The van der Waals surface area contributed by atoms with Gasteiger partial charge in [0.15, 0.2) is 0 Å². The summed E-state index contributed by atoms with van der Waals surface area (Å²) in [6, 6.07) is 12.0. The molecule has 0 fully saturated rings. The Balaban J connectivity index is 2.61. The summed E-state index contributed by atoms with van der Waals surface area (Å²) in [5.74, 6) is 0. The van der Waals surface area contributed by atoms with Crippen molar-refractivity contribution >= 4 is 10.2 Å². The minimum Gasteiger partial charge on any atom is -0.0622 e. The Hall–Kier alpha value is -0.563. The third-order valence-electron chi connectivity index (χ3n) is 1.38. The topological polar surface area (TPSA) is 0 Å². The first kappa shape index (κ1) is 6.56. The molecular weight excluding hydrogens is 124 g/mol. The van der Waals surface area contributed by atoms with Gasteiger partial charge in [-0.25, -0.2) is 0 Å². The van der Waals surface area contributed by atoms with Crippen LogP contribution in [0, 0.1) is 0 Å². The fraction of sp³-hybridized carbons (Fsp3) is 0.250. The molecule has 0 nitrogen and oxygen atoms in total. The molecule has 1 aromatic carbocycles. The van der Waals surface area contributed by atoms with E-state index < -0.39 is 0 Å². The first-order valence-corrected chi connectivity index (χ1v) is 4.89. The van der Waals surface area contributed by atoms with Gasteiger partial charge in [0.2, 0.25) is 0 Å². The van der Waals surface area contributed by atoms with Crippen LogP contribution in [0.4, 0.5) is 0 Å². The molecule has 0 saturated heterocycles. The van der Waals surface area contributed by atoms with Crippen molar-refractivity contribution in [2.75, 3.05) is 0 Å². The molecule has 0 atom stereocenters. The van der Waals surface area contributed by atoms with E-state index in [1.54, 1.807) is 0 Å². The normalized spacial score (nSPS) is 9.78. The van der Waals surface area contributed by atoms with Crippen molar-refractivity contribution in [1.82, 2.24) is 0 Å². The van der Waals surface area contributed by atoms with Gasteiger partial charge in [-0.2, -0.15) is 0 Å². The SMILES string of the molecule is [SiH3]CCc1ccccc1. The van der Waals surface area contributed by atoms with Crippen molar-refractivity contribution in [3.63, 3.8) is 0 Å². The second kappa shape index (κ2) is 3.46. The van der Waals surface area contributed by atoms with Crippen LogP contribution in [0.1, 0.15) is 5.56 Å². The molecular formula is C8H12Si. The smallest absolute Gasteiger partial charge is 0.00321 e. The summed E-state index contributed by atoms with van der Waals surface area (Å²) < 4.78 is 0. The zero-order valence-corrected chi connectivity index (χ0v) is 7.80. The Labute approximate surface area is 59.3 Å². The van der Waals surface area contributed by atoms with Gasteiger partial charge in [0, 0.05) is 10.2 Å². The predicted molar refractivity (Wildman–Crippen MR) is 44.9 cm³/mol. The molecule has 48 valence electrons. The van der Waals surface area contributed by atoms with Gasteiger partial charge >= 0.3 is 0 Å². The van der Waals surface area contributed by atoms with Crippen LogP contribution in [-0.2, 0) is 6.42 Å². The summed E-state index contributed by atoms with van der Waals surface area (Å²) in [6.07, 6.45) is 1.27. The van der Waals surface area contributed by atoms with Gasteiger partial charge in [-0.1, -0.05) is 36.4 Å². The minimum atomic E-state index is 1.27. The van der Waals surface area contributed by atoms with Crippen LogP contribution in [0.3, 0.4) is 0 Å². The van der Waals surface area contributed by atoms with Crippen LogP contribution in [0.15, 0.2) is 30.3 Å². The van der Waals surface area contributed by atoms with Gasteiger partial charge < -0.3 is 0 Å². The van der Waals surface area contributed by atoms with E-state index in [9.17, 15) is 0 Å². The number of rotatable bonds is 2. The summed E-state index contributed by atoms with van der Waals surface area (Å²) in [4.78, 5) is 0. The molecule has 0 spiro atoms. The van der Waals surface area contributed by atoms with E-state index >= 15 is 0 Å². The first-order chi connectivity index (χ1) is 4.43. The van der Waals surface area contributed by atoms with Crippen LogP contribution in [0.25, 0.3) is 0 Å². The molecule has 0 bridgehead atoms. The molecule has 0 N–H and O–H groups in total. The highest BCUT2D eigenvalue weighted by Gasteiger charge is 1.84. The number of hydrogen-bond acceptors (Lipinski definition) is 0. The zero-order chi connectivity index (χ0) is 6.53. The molecule has 9 heavy (non-hydrogen) atoms. The van der Waals surface area contributed by atoms with Crippen molar-refractivity contribution in [1.29, 1.82) is 0 Å². The lowest BCUT2D eigenvalue weighted by atomic mass is 10.2. The highest BCUT2D eigenvalue weighted by molar-refractivity contribution is 6.08. The molecule has 0 aliphatic rings. The lowest BCUT2D eigenvalue weighted by Crippen LogP contribution is -1.80. The van der Waals surface area contributed by atoms with E-state index in [-0.39, 0.29) is 0 Å². The lowest BCUT2D eigenvalue weighted by molar-refractivity contribution is 1.13. The number of aryl methyl sites for hydroxylation is 1. The third kappa shape index (κ3) is 2.02. The van der Waals surface area contributed by atoms with Gasteiger partial charge in [-0.15, -0.1) is 0 Å². The average molecular weight is 136 g/mol. The molecule has 0 unspecified atom stereocenters. The lowest BCUT2D eigenvalue weighted by Gasteiger charge is -1.93. The quantitative estimate of drug-likeness (QED) is 0.532. The van der Waals surface area contributed by atoms with Crippen LogP contribution >= 0.6 is 0 Å². The Bertz CT molecular complexity index is 157. The standard InChI is InChI=1S/C8H12Si/c9-7-6-8-4-2-1-3-5-8/h1-5H,6-7H2,9H3. The summed E-state index contributed by atoms with van der Waals surface area (Å²) in [7, 11) is 1.32. The van der Waals surface area contributed by atoms with Crippen LogP contribution < -0.4 is 0 Å². The second-order valence-corrected chi connectivity index (χ2v) is 3.24. The largest absolute Gasteiger partial charge is 0.0622 e. The molecule has 1 aromatic rings. The van der Waals surface area contributed by atoms with Crippen molar-refractivity contribution in [2.45, 2.75) is 12.5 Å². The van der Waals surface area contributed by atoms with Crippen molar-refractivity contribution in [3.8, 4) is 0 Å². The number of benzene rings is 1. The molecule has 1 heteroatoms. The first-order valence-electron chi connectivity index (χ1n) is 3.47. The highest BCUT2D eigenvalue weighted by atomic mass is 28.1. The van der Waals surface area contributed by atoms with E-state index in [1.807, 2.05) is 0 Å². The third-order valence-corrected chi connectivity index (χ3v) is 1.88. The molecule has 0 aliphatic heterocycles. The molecule has 0 heterocycles. The fourth-order valence-corrected chi connectivity index (χ4v) is 1.51. The van der Waals surface area contributed by atoms with Gasteiger partial charge in [0.1, 0.15) is 0 Å². The monoisotopic (exact) mass is 136 g/mol. The van der Waals surface area contributed by atoms with Crippen LogP contribution in [0.5, 0.6) is 0 Å². The molecule has 0 amide bonds. The Kier molecular flexibility index (Phi) is 2.52. The molecule has 0 saturated carbocycles. The Morgan fingerprint density at radius 2 is 1.78 bits per heavy atom. The summed E-state index contributed by atoms with van der Waals surface area (Å²) >= 11 is 0. The van der Waals surface area contributed by atoms with E-state index in [0.29, 0.717) is 0 Å². The summed E-state index contributed by atoms with van der Waals surface area (Å²) in [5, 5.41) is 0. The molecule has 0 radical (unpaired) electrons.